The van der Waals surface area contributed by atoms with Crippen molar-refractivity contribution in [3.05, 3.63) is 167 Å². The van der Waals surface area contributed by atoms with E-state index in [-0.39, 0.29) is 40.5 Å². The zero-order valence-electron chi connectivity index (χ0n) is 43.1. The largest absolute Gasteiger partial charge is 0.494 e. The molecule has 0 radical (unpaired) electrons. The predicted octanol–water partition coefficient (Wildman–Crippen LogP) is 13.4. The topological polar surface area (TPSA) is 227 Å². The number of hydrogen-bond donors (Lipinski definition) is 0. The fourth-order valence-electron chi connectivity index (χ4n) is 7.22. The molecule has 18 nitrogen and oxygen atoms in total. The SMILES string of the molecule is C=CC(=O)OCCCCCCOc1ccc(OC(=O)c2ccc(C(=O)Oc3ccc(OCCCCCCOC(=O)C=C)cc3)c(C(=O)OCCCCCCCCOc3ccc(N=Nc4ccc([N+](=O)[O-])cc4)cc3)c2)cc1. The number of nitro groups is 1. The standard InChI is InChI=1S/C59H65N3O15/c1-3-55(63)73-40-16-11-9-14-38-71-49-28-32-51(33-29-49)76-57(65)44-19-36-53(59(67)77-52-34-30-50(31-35-52)72-39-15-10-12-17-41-74-56(64)4-2)54(43-44)58(66)75-42-18-8-6-5-7-13-37-70-48-26-22-46(23-27-48)61-60-45-20-24-47(25-21-45)62(68)69/h3-4,19-36,43H,1-2,5-18,37-42H2. The summed E-state index contributed by atoms with van der Waals surface area (Å²) in [5.41, 5.74) is 0.835. The maximum absolute atomic E-state index is 13.6. The van der Waals surface area contributed by atoms with Crippen molar-refractivity contribution in [3.63, 3.8) is 0 Å². The Hall–Kier alpha value is -8.67. The first-order valence-electron chi connectivity index (χ1n) is 25.7. The third kappa shape index (κ3) is 22.8. The average Bonchev–Trinajstić information content (AvgIpc) is 3.45. The van der Waals surface area contributed by atoms with Crippen LogP contribution >= 0.6 is 0 Å². The number of non-ortho nitro benzene ring substituents is 1. The molecule has 0 heterocycles. The van der Waals surface area contributed by atoms with Crippen molar-refractivity contribution in [2.45, 2.75) is 89.9 Å². The number of hydrogen-bond acceptors (Lipinski definition) is 17. The molecule has 77 heavy (non-hydrogen) atoms. The summed E-state index contributed by atoms with van der Waals surface area (Å²) in [7, 11) is 0. The maximum Gasteiger partial charge on any atom is 0.344 e. The fraction of sp³-hybridized carbons (Fsp3) is 0.339. The van der Waals surface area contributed by atoms with Gasteiger partial charge in [-0.2, -0.15) is 10.2 Å². The Morgan fingerprint density at radius 1 is 0.416 bits per heavy atom. The summed E-state index contributed by atoms with van der Waals surface area (Å²) >= 11 is 0. The molecular formula is C59H65N3O15. The van der Waals surface area contributed by atoms with Crippen LogP contribution in [0.25, 0.3) is 0 Å². The van der Waals surface area contributed by atoms with Crippen molar-refractivity contribution in [2.75, 3.05) is 39.6 Å². The number of esters is 5. The van der Waals surface area contributed by atoms with Crippen molar-refractivity contribution >= 4 is 46.9 Å². The van der Waals surface area contributed by atoms with Crippen LogP contribution in [0.3, 0.4) is 0 Å². The minimum atomic E-state index is -0.835. The molecule has 406 valence electrons. The highest BCUT2D eigenvalue weighted by atomic mass is 16.6. The van der Waals surface area contributed by atoms with E-state index in [1.165, 1.54) is 42.5 Å². The summed E-state index contributed by atoms with van der Waals surface area (Å²) in [5.74, 6) is -0.963. The molecule has 18 heteroatoms. The Kier molecular flexibility index (Phi) is 26.2. The highest BCUT2D eigenvalue weighted by molar-refractivity contribution is 6.06. The second-order valence-electron chi connectivity index (χ2n) is 17.3. The number of azo groups is 1. The zero-order valence-corrected chi connectivity index (χ0v) is 43.1. The number of nitro benzene ring substituents is 1. The number of rotatable bonds is 36. The van der Waals surface area contributed by atoms with Crippen molar-refractivity contribution in [1.29, 1.82) is 0 Å². The normalized spacial score (nSPS) is 10.8. The fourth-order valence-corrected chi connectivity index (χ4v) is 7.22. The van der Waals surface area contributed by atoms with Crippen molar-refractivity contribution < 1.29 is 66.8 Å². The molecule has 0 N–H and O–H groups in total. The lowest BCUT2D eigenvalue weighted by Gasteiger charge is -2.12. The third-order valence-electron chi connectivity index (χ3n) is 11.4. The van der Waals surface area contributed by atoms with Crippen LogP contribution in [-0.2, 0) is 23.8 Å². The van der Waals surface area contributed by atoms with Gasteiger partial charge in [0.1, 0.15) is 28.7 Å². The van der Waals surface area contributed by atoms with Gasteiger partial charge >= 0.3 is 29.8 Å². The first-order chi connectivity index (χ1) is 37.5. The number of benzene rings is 5. The molecule has 0 aliphatic carbocycles. The quantitative estimate of drug-likeness (QED) is 0.00531. The molecule has 0 amide bonds. The molecule has 0 atom stereocenters. The Labute approximate surface area is 448 Å². The van der Waals surface area contributed by atoms with Gasteiger partial charge in [-0.15, -0.1) is 0 Å². The number of carbonyl (C=O) groups excluding carboxylic acids is 5. The van der Waals surface area contributed by atoms with Gasteiger partial charge in [-0.25, -0.2) is 24.0 Å². The van der Waals surface area contributed by atoms with Gasteiger partial charge in [0.25, 0.3) is 5.69 Å². The van der Waals surface area contributed by atoms with Crippen LogP contribution in [0.15, 0.2) is 151 Å². The Morgan fingerprint density at radius 2 is 0.779 bits per heavy atom. The first-order valence-corrected chi connectivity index (χ1v) is 25.7. The van der Waals surface area contributed by atoms with Crippen LogP contribution in [0.1, 0.15) is 121 Å². The van der Waals surface area contributed by atoms with E-state index in [0.717, 1.165) is 95.6 Å². The highest BCUT2D eigenvalue weighted by Gasteiger charge is 2.23. The summed E-state index contributed by atoms with van der Waals surface area (Å²) < 4.78 is 44.4. The third-order valence-corrected chi connectivity index (χ3v) is 11.4. The van der Waals surface area contributed by atoms with E-state index in [2.05, 4.69) is 23.4 Å². The summed E-state index contributed by atoms with van der Waals surface area (Å²) in [4.78, 5) is 73.4. The molecule has 5 aromatic rings. The van der Waals surface area contributed by atoms with E-state index in [0.29, 0.717) is 68.1 Å². The molecule has 0 saturated heterocycles. The van der Waals surface area contributed by atoms with E-state index >= 15 is 0 Å². The predicted molar refractivity (Wildman–Crippen MR) is 287 cm³/mol. The number of ether oxygens (including phenoxy) is 8. The minimum Gasteiger partial charge on any atom is -0.494 e. The molecule has 0 fully saturated rings. The van der Waals surface area contributed by atoms with Gasteiger partial charge in [0, 0.05) is 24.3 Å². The molecular weight excluding hydrogens is 991 g/mol. The summed E-state index contributed by atoms with van der Waals surface area (Å²) in [6, 6.07) is 29.9. The molecule has 0 aliphatic heterocycles. The summed E-state index contributed by atoms with van der Waals surface area (Å²) in [5, 5.41) is 19.1. The highest BCUT2D eigenvalue weighted by Crippen LogP contribution is 2.26. The lowest BCUT2D eigenvalue weighted by atomic mass is 10.0. The van der Waals surface area contributed by atoms with Crippen LogP contribution in [0.5, 0.6) is 28.7 Å². The van der Waals surface area contributed by atoms with Gasteiger partial charge in [0.05, 0.1) is 72.6 Å². The maximum atomic E-state index is 13.6. The van der Waals surface area contributed by atoms with Gasteiger partial charge in [-0.1, -0.05) is 38.8 Å². The monoisotopic (exact) mass is 1060 g/mol. The second-order valence-corrected chi connectivity index (χ2v) is 17.3. The van der Waals surface area contributed by atoms with Gasteiger partial charge in [0.2, 0.25) is 0 Å². The smallest absolute Gasteiger partial charge is 0.344 e. The Morgan fingerprint density at radius 3 is 1.21 bits per heavy atom. The van der Waals surface area contributed by atoms with Gasteiger partial charge < -0.3 is 37.9 Å². The molecule has 5 rings (SSSR count). The van der Waals surface area contributed by atoms with Crippen LogP contribution in [-0.4, -0.2) is 74.4 Å². The van der Waals surface area contributed by atoms with Gasteiger partial charge in [-0.05, 0) is 167 Å². The lowest BCUT2D eigenvalue weighted by molar-refractivity contribution is -0.384. The molecule has 0 aromatic heterocycles. The molecule has 0 unspecified atom stereocenters. The average molecular weight is 1060 g/mol. The lowest BCUT2D eigenvalue weighted by Crippen LogP contribution is -2.18. The van der Waals surface area contributed by atoms with Crippen LogP contribution < -0.4 is 23.7 Å². The van der Waals surface area contributed by atoms with E-state index in [9.17, 15) is 34.1 Å². The minimum absolute atomic E-state index is 0.00927. The first kappa shape index (κ1) is 59.2. The van der Waals surface area contributed by atoms with E-state index in [4.69, 9.17) is 37.9 Å². The second kappa shape index (κ2) is 34.0. The van der Waals surface area contributed by atoms with E-state index < -0.39 is 34.8 Å². The summed E-state index contributed by atoms with van der Waals surface area (Å²) in [6.45, 7) is 9.01. The summed E-state index contributed by atoms with van der Waals surface area (Å²) in [6.07, 6.45) is 13.9. The van der Waals surface area contributed by atoms with E-state index in [1.807, 2.05) is 0 Å². The number of carbonyl (C=O) groups is 5. The van der Waals surface area contributed by atoms with Gasteiger partial charge in [0.15, 0.2) is 0 Å². The van der Waals surface area contributed by atoms with Crippen molar-refractivity contribution in [2.24, 2.45) is 10.2 Å². The number of unbranched alkanes of at least 4 members (excludes halogenated alkanes) is 11. The molecule has 0 bridgehead atoms. The Balaban J connectivity index is 1.07. The van der Waals surface area contributed by atoms with Crippen molar-refractivity contribution in [1.82, 2.24) is 0 Å². The molecule has 5 aromatic carbocycles. The molecule has 0 aliphatic rings. The molecule has 0 spiro atoms. The van der Waals surface area contributed by atoms with Crippen LogP contribution in [0.4, 0.5) is 17.1 Å². The van der Waals surface area contributed by atoms with Crippen LogP contribution in [0.2, 0.25) is 0 Å². The molecule has 0 saturated carbocycles. The van der Waals surface area contributed by atoms with Gasteiger partial charge in [-0.3, -0.25) is 10.1 Å². The van der Waals surface area contributed by atoms with E-state index in [1.54, 1.807) is 72.8 Å². The van der Waals surface area contributed by atoms with Crippen molar-refractivity contribution in [3.8, 4) is 28.7 Å². The zero-order chi connectivity index (χ0) is 54.9. The Bertz CT molecular complexity index is 2710. The van der Waals surface area contributed by atoms with Crippen LogP contribution in [0, 0.1) is 10.1 Å². The number of nitrogens with zero attached hydrogens (tertiary/aromatic N) is 3.